The first kappa shape index (κ1) is 21.7. The molecular formula is C22H31N3O3S. The number of piperazine rings is 1. The second-order valence-electron chi connectivity index (χ2n) is 7.85. The van der Waals surface area contributed by atoms with E-state index in [1.807, 2.05) is 61.9 Å². The molecule has 0 saturated carbocycles. The average molecular weight is 418 g/mol. The maximum Gasteiger partial charge on any atom is 0.214 e. The monoisotopic (exact) mass is 417 g/mol. The Balaban J connectivity index is 1.47. The topological polar surface area (TPSA) is 62.6 Å². The van der Waals surface area contributed by atoms with Crippen LogP contribution in [-0.4, -0.2) is 66.4 Å². The third-order valence-corrected chi connectivity index (χ3v) is 7.83. The number of ketones is 1. The molecule has 0 N–H and O–H groups in total. The van der Waals surface area contributed by atoms with Crippen LogP contribution in [0.1, 0.15) is 33.7 Å². The molecule has 0 bridgehead atoms. The van der Waals surface area contributed by atoms with E-state index in [4.69, 9.17) is 0 Å². The van der Waals surface area contributed by atoms with Crippen molar-refractivity contribution in [3.8, 4) is 0 Å². The largest absolute Gasteiger partial charge is 0.351 e. The molecule has 0 radical (unpaired) electrons. The van der Waals surface area contributed by atoms with E-state index >= 15 is 0 Å². The summed E-state index contributed by atoms with van der Waals surface area (Å²) in [6, 6.07) is 11.9. The van der Waals surface area contributed by atoms with Gasteiger partial charge in [-0.3, -0.25) is 9.69 Å². The van der Waals surface area contributed by atoms with Crippen LogP contribution in [0.25, 0.3) is 0 Å². The fourth-order valence-electron chi connectivity index (χ4n) is 3.82. The zero-order valence-electron chi connectivity index (χ0n) is 17.6. The number of sulfonamides is 1. The first-order valence-electron chi connectivity index (χ1n) is 10.2. The van der Waals surface area contributed by atoms with Crippen LogP contribution in [0, 0.1) is 13.8 Å². The Morgan fingerprint density at radius 1 is 1.03 bits per heavy atom. The van der Waals surface area contributed by atoms with Gasteiger partial charge in [0.25, 0.3) is 0 Å². The molecule has 1 fully saturated rings. The fourth-order valence-corrected chi connectivity index (χ4v) is 5.31. The quantitative estimate of drug-likeness (QED) is 0.619. The summed E-state index contributed by atoms with van der Waals surface area (Å²) >= 11 is 0. The van der Waals surface area contributed by atoms with Gasteiger partial charge in [0.1, 0.15) is 0 Å². The Morgan fingerprint density at radius 2 is 1.69 bits per heavy atom. The maximum absolute atomic E-state index is 12.7. The molecule has 1 aromatic heterocycles. The molecule has 0 atom stereocenters. The summed E-state index contributed by atoms with van der Waals surface area (Å²) in [5.74, 6) is 0.272. The summed E-state index contributed by atoms with van der Waals surface area (Å²) in [5, 5.41) is 0. The molecule has 29 heavy (non-hydrogen) atoms. The van der Waals surface area contributed by atoms with Gasteiger partial charge in [-0.25, -0.2) is 8.42 Å². The van der Waals surface area contributed by atoms with Crippen molar-refractivity contribution in [1.29, 1.82) is 0 Å². The number of hydrogen-bond acceptors (Lipinski definition) is 4. The lowest BCUT2D eigenvalue weighted by atomic mass is 10.1. The molecule has 2 aromatic rings. The van der Waals surface area contributed by atoms with Crippen molar-refractivity contribution in [3.63, 3.8) is 0 Å². The van der Waals surface area contributed by atoms with Gasteiger partial charge in [-0.1, -0.05) is 30.3 Å². The van der Waals surface area contributed by atoms with Crippen LogP contribution in [0.3, 0.4) is 0 Å². The summed E-state index contributed by atoms with van der Waals surface area (Å²) in [5.41, 5.74) is 3.97. The highest BCUT2D eigenvalue weighted by Gasteiger charge is 2.28. The number of benzene rings is 1. The number of aromatic nitrogens is 1. The molecule has 158 valence electrons. The summed E-state index contributed by atoms with van der Waals surface area (Å²) in [4.78, 5) is 14.7. The standard InChI is InChI=1S/C22H31N3O3S/c1-18-16-21(19(2)23(18)3)22(26)17-24-11-13-25(14-12-24)29(27,28)15-7-10-20-8-5-4-6-9-20/h4-6,8-9,16H,7,10-15,17H2,1-3H3. The van der Waals surface area contributed by atoms with Gasteiger partial charge in [0.05, 0.1) is 12.3 Å². The number of hydrogen-bond donors (Lipinski definition) is 0. The van der Waals surface area contributed by atoms with Gasteiger partial charge in [-0.2, -0.15) is 4.31 Å². The molecule has 0 spiro atoms. The first-order chi connectivity index (χ1) is 13.8. The number of Topliss-reactive ketones (excluding diaryl/α,β-unsaturated/α-hetero) is 1. The second kappa shape index (κ2) is 9.24. The lowest BCUT2D eigenvalue weighted by Gasteiger charge is -2.33. The number of aryl methyl sites for hydroxylation is 2. The molecule has 1 aliphatic rings. The Kier molecular flexibility index (Phi) is 6.93. The van der Waals surface area contributed by atoms with Crippen LogP contribution in [-0.2, 0) is 23.5 Å². The Labute approximate surface area is 174 Å². The van der Waals surface area contributed by atoms with Crippen LogP contribution in [0.15, 0.2) is 36.4 Å². The van der Waals surface area contributed by atoms with E-state index in [1.54, 1.807) is 4.31 Å². The van der Waals surface area contributed by atoms with Crippen molar-refractivity contribution in [2.45, 2.75) is 26.7 Å². The lowest BCUT2D eigenvalue weighted by Crippen LogP contribution is -2.50. The van der Waals surface area contributed by atoms with Crippen LogP contribution >= 0.6 is 0 Å². The van der Waals surface area contributed by atoms with Crippen LogP contribution < -0.4 is 0 Å². The van der Waals surface area contributed by atoms with Crippen LogP contribution in [0.4, 0.5) is 0 Å². The zero-order valence-corrected chi connectivity index (χ0v) is 18.4. The van der Waals surface area contributed by atoms with Crippen molar-refractivity contribution in [3.05, 3.63) is 58.9 Å². The van der Waals surface area contributed by atoms with Crippen molar-refractivity contribution in [1.82, 2.24) is 13.8 Å². The molecule has 1 aromatic carbocycles. The highest BCUT2D eigenvalue weighted by molar-refractivity contribution is 7.89. The highest BCUT2D eigenvalue weighted by atomic mass is 32.2. The molecule has 1 saturated heterocycles. The van der Waals surface area contributed by atoms with Gasteiger partial charge >= 0.3 is 0 Å². The highest BCUT2D eigenvalue weighted by Crippen LogP contribution is 2.16. The minimum absolute atomic E-state index is 0.102. The molecule has 7 heteroatoms. The third kappa shape index (κ3) is 5.35. The smallest absolute Gasteiger partial charge is 0.214 e. The first-order valence-corrected chi connectivity index (χ1v) is 11.8. The Hall–Kier alpha value is -1.96. The van der Waals surface area contributed by atoms with Crippen molar-refractivity contribution < 1.29 is 13.2 Å². The van der Waals surface area contributed by atoms with E-state index in [0.29, 0.717) is 39.1 Å². The normalized spacial score (nSPS) is 16.2. The molecule has 2 heterocycles. The number of carbonyl (C=O) groups excluding carboxylic acids is 1. The van der Waals surface area contributed by atoms with E-state index in [-0.39, 0.29) is 11.5 Å². The van der Waals surface area contributed by atoms with E-state index in [1.165, 1.54) is 0 Å². The summed E-state index contributed by atoms with van der Waals surface area (Å²) in [7, 11) is -1.29. The number of rotatable bonds is 8. The fraction of sp³-hybridized carbons (Fsp3) is 0.500. The second-order valence-corrected chi connectivity index (χ2v) is 9.94. The SMILES string of the molecule is Cc1cc(C(=O)CN2CCN(S(=O)(=O)CCCc3ccccc3)CC2)c(C)n1C. The summed E-state index contributed by atoms with van der Waals surface area (Å²) in [6.45, 7) is 6.38. The molecule has 0 unspecified atom stereocenters. The van der Waals surface area contributed by atoms with Gasteiger partial charge in [0, 0.05) is 50.2 Å². The van der Waals surface area contributed by atoms with Crippen LogP contribution in [0.5, 0.6) is 0 Å². The van der Waals surface area contributed by atoms with E-state index in [9.17, 15) is 13.2 Å². The summed E-state index contributed by atoms with van der Waals surface area (Å²) < 4.78 is 28.9. The number of carbonyl (C=O) groups is 1. The van der Waals surface area contributed by atoms with Crippen molar-refractivity contribution >= 4 is 15.8 Å². The minimum atomic E-state index is -3.25. The van der Waals surface area contributed by atoms with E-state index in [2.05, 4.69) is 4.90 Å². The Morgan fingerprint density at radius 3 is 2.28 bits per heavy atom. The minimum Gasteiger partial charge on any atom is -0.351 e. The van der Waals surface area contributed by atoms with Gasteiger partial charge in [-0.15, -0.1) is 0 Å². The zero-order chi connectivity index (χ0) is 21.0. The van der Waals surface area contributed by atoms with Gasteiger partial charge < -0.3 is 4.57 Å². The molecule has 1 aliphatic heterocycles. The molecule has 6 nitrogen and oxygen atoms in total. The molecule has 0 amide bonds. The van der Waals surface area contributed by atoms with Crippen LogP contribution in [0.2, 0.25) is 0 Å². The predicted molar refractivity (Wildman–Crippen MR) is 116 cm³/mol. The molecule has 3 rings (SSSR count). The lowest BCUT2D eigenvalue weighted by molar-refractivity contribution is 0.0901. The van der Waals surface area contributed by atoms with Gasteiger partial charge in [-0.05, 0) is 38.3 Å². The predicted octanol–water partition coefficient (Wildman–Crippen LogP) is 2.40. The average Bonchev–Trinajstić information content (AvgIpc) is 2.96. The summed E-state index contributed by atoms with van der Waals surface area (Å²) in [6.07, 6.45) is 1.39. The van der Waals surface area contributed by atoms with E-state index < -0.39 is 10.0 Å². The number of nitrogens with zero attached hydrogens (tertiary/aromatic N) is 3. The van der Waals surface area contributed by atoms with Crippen molar-refractivity contribution in [2.75, 3.05) is 38.5 Å². The van der Waals surface area contributed by atoms with Crippen molar-refractivity contribution in [2.24, 2.45) is 7.05 Å². The maximum atomic E-state index is 12.7. The third-order valence-electron chi connectivity index (χ3n) is 5.88. The van der Waals surface area contributed by atoms with Gasteiger partial charge in [0.15, 0.2) is 5.78 Å². The van der Waals surface area contributed by atoms with Gasteiger partial charge in [0.2, 0.25) is 10.0 Å². The molecular weight excluding hydrogens is 386 g/mol. The molecule has 0 aliphatic carbocycles. The Bertz CT molecular complexity index is 943. The van der Waals surface area contributed by atoms with E-state index in [0.717, 1.165) is 28.9 Å².